The third-order valence-corrected chi connectivity index (χ3v) is 4.27. The third-order valence-electron chi connectivity index (χ3n) is 3.36. The molecule has 2 aromatic carbocycles. The van der Waals surface area contributed by atoms with E-state index >= 15 is 0 Å². The van der Waals surface area contributed by atoms with Gasteiger partial charge in [-0.3, -0.25) is 14.4 Å². The van der Waals surface area contributed by atoms with Crippen LogP contribution in [0, 0.1) is 19.1 Å². The largest absolute Gasteiger partial charge is 2.00 e. The molecule has 0 aliphatic carbocycles. The molecule has 0 atom stereocenters. The molecule has 162 valence electrons. The summed E-state index contributed by atoms with van der Waals surface area (Å²) in [7, 11) is 2.75. The van der Waals surface area contributed by atoms with E-state index in [0.717, 1.165) is 5.06 Å². The summed E-state index contributed by atoms with van der Waals surface area (Å²) in [6.07, 6.45) is 0. The Kier molecular flexibility index (Phi) is 17.0. The SMILES string of the molecule is CC(=O)c1cc(Br)cc(F)c1N.CON(C)C(=O)c1cc(Br)cc(F)c1N.[Br-].[CH3-].[Mg+2]. The predicted molar refractivity (Wildman–Crippen MR) is 118 cm³/mol. The van der Waals surface area contributed by atoms with Gasteiger partial charge in [0.15, 0.2) is 5.78 Å². The minimum atomic E-state index is -0.641. The molecule has 0 radical (unpaired) electrons. The molecule has 2 aromatic rings. The zero-order chi connectivity index (χ0) is 20.9. The fourth-order valence-electron chi connectivity index (χ4n) is 1.89. The molecule has 6 nitrogen and oxygen atoms in total. The summed E-state index contributed by atoms with van der Waals surface area (Å²) in [4.78, 5) is 27.2. The van der Waals surface area contributed by atoms with Crippen LogP contribution < -0.4 is 28.4 Å². The van der Waals surface area contributed by atoms with Gasteiger partial charge in [-0.2, -0.15) is 0 Å². The summed E-state index contributed by atoms with van der Waals surface area (Å²) >= 11 is 6.15. The van der Waals surface area contributed by atoms with E-state index in [1.165, 1.54) is 45.3 Å². The predicted octanol–water partition coefficient (Wildman–Crippen LogP) is 1.25. The van der Waals surface area contributed by atoms with E-state index in [0.29, 0.717) is 8.95 Å². The Labute approximate surface area is 217 Å². The summed E-state index contributed by atoms with van der Waals surface area (Å²) in [6.45, 7) is 1.34. The number of nitrogens with zero attached hydrogens (tertiary/aromatic N) is 1. The van der Waals surface area contributed by atoms with E-state index in [2.05, 4.69) is 31.9 Å². The number of hydrogen-bond acceptors (Lipinski definition) is 5. The van der Waals surface area contributed by atoms with Crippen LogP contribution in [0.4, 0.5) is 20.2 Å². The minimum Gasteiger partial charge on any atom is -1.00 e. The van der Waals surface area contributed by atoms with Gasteiger partial charge in [-0.1, -0.05) is 31.9 Å². The number of Topliss-reactive ketones (excluding diaryl/α,β-unsaturated/α-hetero) is 1. The Morgan fingerprint density at radius 3 is 1.70 bits per heavy atom. The Morgan fingerprint density at radius 2 is 1.33 bits per heavy atom. The number of hydrogen-bond donors (Lipinski definition) is 2. The summed E-state index contributed by atoms with van der Waals surface area (Å²) < 4.78 is 27.1. The van der Waals surface area contributed by atoms with Gasteiger partial charge < -0.3 is 35.9 Å². The van der Waals surface area contributed by atoms with Crippen LogP contribution in [0.25, 0.3) is 0 Å². The second-order valence-corrected chi connectivity index (χ2v) is 7.07. The number of rotatable bonds is 3. The molecule has 4 N–H and O–H groups in total. The molecule has 0 aliphatic heterocycles. The third kappa shape index (κ3) is 9.14. The van der Waals surface area contributed by atoms with Crippen molar-refractivity contribution in [3.8, 4) is 0 Å². The number of amides is 1. The van der Waals surface area contributed by atoms with Gasteiger partial charge in [0.25, 0.3) is 5.91 Å². The van der Waals surface area contributed by atoms with Crippen molar-refractivity contribution in [2.75, 3.05) is 25.6 Å². The first kappa shape index (κ1) is 33.8. The number of nitrogens with two attached hydrogens (primary N) is 2. The summed E-state index contributed by atoms with van der Waals surface area (Å²) in [5, 5.41) is 0.970. The van der Waals surface area contributed by atoms with Crippen molar-refractivity contribution < 1.29 is 40.2 Å². The first-order chi connectivity index (χ1) is 12.5. The van der Waals surface area contributed by atoms with Crippen LogP contribution in [0.1, 0.15) is 27.6 Å². The number of ketones is 1. The van der Waals surface area contributed by atoms with Crippen LogP contribution in [0.5, 0.6) is 0 Å². The molecule has 1 amide bonds. The number of carbonyl (C=O) groups is 2. The number of halogens is 5. The van der Waals surface area contributed by atoms with Crippen LogP contribution in [0.15, 0.2) is 33.2 Å². The van der Waals surface area contributed by atoms with E-state index in [1.807, 2.05) is 0 Å². The average Bonchev–Trinajstić information content (AvgIpc) is 2.60. The Bertz CT molecular complexity index is 889. The molecule has 0 saturated carbocycles. The van der Waals surface area contributed by atoms with Crippen LogP contribution in [0.2, 0.25) is 0 Å². The van der Waals surface area contributed by atoms with Gasteiger partial charge in [-0.15, -0.1) is 0 Å². The molecule has 0 heterocycles. The van der Waals surface area contributed by atoms with Gasteiger partial charge >= 0.3 is 23.1 Å². The fraction of sp³-hybridized carbons (Fsp3) is 0.167. The summed E-state index contributed by atoms with van der Waals surface area (Å²) in [6, 6.07) is 5.36. The zero-order valence-corrected chi connectivity index (χ0v) is 22.9. The maximum Gasteiger partial charge on any atom is 2.00 e. The normalized spacial score (nSPS) is 9.03. The van der Waals surface area contributed by atoms with Crippen molar-refractivity contribution in [1.82, 2.24) is 5.06 Å². The first-order valence-electron chi connectivity index (χ1n) is 7.31. The molecule has 0 unspecified atom stereocenters. The van der Waals surface area contributed by atoms with E-state index in [1.54, 1.807) is 0 Å². The Hall–Kier alpha value is -0.794. The number of benzene rings is 2. The molecule has 0 spiro atoms. The van der Waals surface area contributed by atoms with Crippen LogP contribution >= 0.6 is 31.9 Å². The van der Waals surface area contributed by atoms with Crippen molar-refractivity contribution in [3.63, 3.8) is 0 Å². The average molecular weight is 628 g/mol. The standard InChI is InChI=1S/C9H10BrFN2O2.C8H7BrFNO.CH3.BrH.Mg/c1-13(15-2)9(14)6-3-5(10)4-7(11)8(6)12;1-4(12)6-2-5(9)3-7(10)8(6)11;;;/h3-4H,12H2,1-2H3;2-3H,11H2,1H3;1H3;1H;/q;;-1;;+2/p-1. The molecule has 0 fully saturated rings. The molecule has 0 saturated heterocycles. The second-order valence-electron chi connectivity index (χ2n) is 5.24. The summed E-state index contributed by atoms with van der Waals surface area (Å²) in [5.41, 5.74) is 10.8. The maximum absolute atomic E-state index is 13.2. The van der Waals surface area contributed by atoms with E-state index < -0.39 is 17.5 Å². The number of hydroxylamine groups is 2. The van der Waals surface area contributed by atoms with E-state index in [4.69, 9.17) is 16.3 Å². The molecular weight excluding hydrogens is 608 g/mol. The molecule has 30 heavy (non-hydrogen) atoms. The topological polar surface area (TPSA) is 98.7 Å². The Balaban J connectivity index is -0.000000450. The van der Waals surface area contributed by atoms with Crippen molar-refractivity contribution in [3.05, 3.63) is 63.4 Å². The van der Waals surface area contributed by atoms with Gasteiger partial charge in [0.05, 0.1) is 24.0 Å². The molecule has 0 bridgehead atoms. The zero-order valence-electron chi connectivity index (χ0n) is 16.7. The fourth-order valence-corrected chi connectivity index (χ4v) is 2.75. The van der Waals surface area contributed by atoms with Crippen LogP contribution in [0.3, 0.4) is 0 Å². The maximum atomic E-state index is 13.2. The van der Waals surface area contributed by atoms with Crippen molar-refractivity contribution in [2.45, 2.75) is 6.92 Å². The van der Waals surface area contributed by atoms with Gasteiger partial charge in [0, 0.05) is 21.6 Å². The second kappa shape index (κ2) is 15.1. The monoisotopic (exact) mass is 625 g/mol. The van der Waals surface area contributed by atoms with Crippen LogP contribution in [-0.4, -0.2) is 54.0 Å². The van der Waals surface area contributed by atoms with Crippen molar-refractivity contribution in [1.29, 1.82) is 0 Å². The summed E-state index contributed by atoms with van der Waals surface area (Å²) in [5.74, 6) is -1.96. The van der Waals surface area contributed by atoms with Gasteiger partial charge in [0.1, 0.15) is 11.6 Å². The van der Waals surface area contributed by atoms with Gasteiger partial charge in [0.2, 0.25) is 0 Å². The molecular formula is C18H20Br3F2MgN3O3. The van der Waals surface area contributed by atoms with Crippen molar-refractivity contribution in [2.24, 2.45) is 0 Å². The molecule has 0 aliphatic rings. The number of anilines is 2. The van der Waals surface area contributed by atoms with E-state index in [-0.39, 0.29) is 75.7 Å². The Morgan fingerprint density at radius 1 is 0.967 bits per heavy atom. The number of nitrogen functional groups attached to an aromatic ring is 2. The smallest absolute Gasteiger partial charge is 1.00 e. The molecule has 0 aromatic heterocycles. The molecule has 12 heteroatoms. The van der Waals surface area contributed by atoms with E-state index in [9.17, 15) is 18.4 Å². The first-order valence-corrected chi connectivity index (χ1v) is 8.90. The number of carbonyl (C=O) groups excluding carboxylic acids is 2. The van der Waals surface area contributed by atoms with Gasteiger partial charge in [-0.25, -0.2) is 13.8 Å². The van der Waals surface area contributed by atoms with Crippen LogP contribution in [-0.2, 0) is 4.84 Å². The van der Waals surface area contributed by atoms with Crippen molar-refractivity contribution >= 4 is 78.0 Å². The molecule has 2 rings (SSSR count). The van der Waals surface area contributed by atoms with Gasteiger partial charge in [-0.05, 0) is 31.2 Å². The quantitative estimate of drug-likeness (QED) is 0.176. The minimum absolute atomic E-state index is 0.